The summed E-state index contributed by atoms with van der Waals surface area (Å²) in [5.74, 6) is -1.55. The number of aryl methyl sites for hydroxylation is 1. The third-order valence-corrected chi connectivity index (χ3v) is 6.30. The number of hydrogen-bond acceptors (Lipinski definition) is 4. The molecule has 0 unspecified atom stereocenters. The number of aliphatic carboxylic acids is 1. The van der Waals surface area contributed by atoms with Crippen LogP contribution in [0.15, 0.2) is 97.3 Å². The predicted octanol–water partition coefficient (Wildman–Crippen LogP) is 5.10. The van der Waals surface area contributed by atoms with E-state index in [1.165, 1.54) is 4.90 Å². The number of hydrogen-bond donors (Lipinski definition) is 2. The van der Waals surface area contributed by atoms with Gasteiger partial charge in [-0.1, -0.05) is 66.7 Å². The molecule has 0 saturated heterocycles. The Balaban J connectivity index is 1.64. The summed E-state index contributed by atoms with van der Waals surface area (Å²) in [6.45, 7) is 2.64. The first-order valence-corrected chi connectivity index (χ1v) is 12.3. The van der Waals surface area contributed by atoms with Gasteiger partial charge in [-0.15, -0.1) is 0 Å². The van der Waals surface area contributed by atoms with Crippen molar-refractivity contribution in [1.29, 1.82) is 0 Å². The van der Waals surface area contributed by atoms with Crippen LogP contribution in [0.5, 0.6) is 0 Å². The molecule has 0 bridgehead atoms. The zero-order valence-corrected chi connectivity index (χ0v) is 21.1. The summed E-state index contributed by atoms with van der Waals surface area (Å²) < 4.78 is 0. The molecule has 1 aromatic heterocycles. The van der Waals surface area contributed by atoms with Crippen molar-refractivity contribution in [2.75, 3.05) is 6.54 Å². The molecular formula is C31H29N3O4. The average Bonchev–Trinajstić information content (AvgIpc) is 2.94. The number of rotatable bonds is 10. The summed E-state index contributed by atoms with van der Waals surface area (Å²) in [5.41, 5.74) is 4.97. The van der Waals surface area contributed by atoms with E-state index < -0.39 is 5.97 Å². The molecule has 7 nitrogen and oxygen atoms in total. The van der Waals surface area contributed by atoms with Crippen LogP contribution in [-0.2, 0) is 17.9 Å². The molecule has 0 atom stereocenters. The maximum Gasteiger partial charge on any atom is 0.305 e. The molecule has 4 aromatic rings. The first-order valence-electron chi connectivity index (χ1n) is 12.3. The minimum Gasteiger partial charge on any atom is -0.481 e. The van der Waals surface area contributed by atoms with Crippen LogP contribution >= 0.6 is 0 Å². The van der Waals surface area contributed by atoms with E-state index in [1.54, 1.807) is 48.8 Å². The Bertz CT molecular complexity index is 1440. The first-order chi connectivity index (χ1) is 18.4. The number of carboxylic acids is 1. The minimum absolute atomic E-state index is 0.0377. The first kappa shape index (κ1) is 26.3. The average molecular weight is 508 g/mol. The molecule has 0 spiro atoms. The van der Waals surface area contributed by atoms with Crippen LogP contribution in [0.25, 0.3) is 11.1 Å². The molecule has 192 valence electrons. The van der Waals surface area contributed by atoms with Crippen LogP contribution < -0.4 is 5.32 Å². The summed E-state index contributed by atoms with van der Waals surface area (Å²) in [6.07, 6.45) is 3.11. The Labute approximate surface area is 221 Å². The van der Waals surface area contributed by atoms with Gasteiger partial charge in [0, 0.05) is 43.2 Å². The second-order valence-electron chi connectivity index (χ2n) is 8.93. The smallest absolute Gasteiger partial charge is 0.305 e. The molecule has 0 saturated carbocycles. The molecule has 2 N–H and O–H groups in total. The largest absolute Gasteiger partial charge is 0.481 e. The maximum absolute atomic E-state index is 13.8. The lowest BCUT2D eigenvalue weighted by Gasteiger charge is -2.24. The summed E-state index contributed by atoms with van der Waals surface area (Å²) in [4.78, 5) is 44.0. The number of amides is 2. The Hall–Kier alpha value is -4.78. The monoisotopic (exact) mass is 507 g/mol. The molecule has 0 aliphatic rings. The zero-order valence-electron chi connectivity index (χ0n) is 21.1. The SMILES string of the molecule is Cc1ccccc1CNC(=O)c1ccccc1-c1ccccc1C(=O)N(CCC(=O)O)Cc1cccnc1. The fourth-order valence-electron chi connectivity index (χ4n) is 4.27. The summed E-state index contributed by atoms with van der Waals surface area (Å²) in [5, 5.41) is 12.3. The number of pyridine rings is 1. The van der Waals surface area contributed by atoms with Gasteiger partial charge in [0.05, 0.1) is 6.42 Å². The van der Waals surface area contributed by atoms with Gasteiger partial charge < -0.3 is 15.3 Å². The molecule has 0 aliphatic carbocycles. The van der Waals surface area contributed by atoms with E-state index in [4.69, 9.17) is 0 Å². The highest BCUT2D eigenvalue weighted by Crippen LogP contribution is 2.29. The number of carbonyl (C=O) groups is 3. The van der Waals surface area contributed by atoms with Crippen molar-refractivity contribution in [3.63, 3.8) is 0 Å². The number of aromatic nitrogens is 1. The number of carboxylic acid groups (broad SMARTS) is 1. The van der Waals surface area contributed by atoms with E-state index in [2.05, 4.69) is 10.3 Å². The molecular weight excluding hydrogens is 478 g/mol. The van der Waals surface area contributed by atoms with Crippen molar-refractivity contribution >= 4 is 17.8 Å². The van der Waals surface area contributed by atoms with Gasteiger partial charge in [0.2, 0.25) is 0 Å². The topological polar surface area (TPSA) is 99.6 Å². The highest BCUT2D eigenvalue weighted by molar-refractivity contribution is 6.06. The molecule has 0 radical (unpaired) electrons. The van der Waals surface area contributed by atoms with Crippen molar-refractivity contribution in [1.82, 2.24) is 15.2 Å². The van der Waals surface area contributed by atoms with Crippen LogP contribution in [0, 0.1) is 6.92 Å². The lowest BCUT2D eigenvalue weighted by atomic mass is 9.94. The molecule has 0 fully saturated rings. The summed E-state index contributed by atoms with van der Waals surface area (Å²) in [6, 6.07) is 25.7. The van der Waals surface area contributed by atoms with E-state index >= 15 is 0 Å². The van der Waals surface area contributed by atoms with Crippen molar-refractivity contribution in [3.8, 4) is 11.1 Å². The van der Waals surface area contributed by atoms with Gasteiger partial charge in [-0.2, -0.15) is 0 Å². The second kappa shape index (κ2) is 12.5. The van der Waals surface area contributed by atoms with Gasteiger partial charge in [-0.3, -0.25) is 19.4 Å². The van der Waals surface area contributed by atoms with Crippen molar-refractivity contribution in [2.24, 2.45) is 0 Å². The molecule has 3 aromatic carbocycles. The molecule has 7 heteroatoms. The number of nitrogens with zero attached hydrogens (tertiary/aromatic N) is 2. The van der Waals surface area contributed by atoms with Crippen LogP contribution in [0.2, 0.25) is 0 Å². The lowest BCUT2D eigenvalue weighted by molar-refractivity contribution is -0.137. The van der Waals surface area contributed by atoms with Crippen LogP contribution in [-0.4, -0.2) is 39.3 Å². The van der Waals surface area contributed by atoms with Gasteiger partial charge in [-0.25, -0.2) is 0 Å². The molecule has 1 heterocycles. The Morgan fingerprint density at radius 1 is 0.842 bits per heavy atom. The van der Waals surface area contributed by atoms with Crippen LogP contribution in [0.3, 0.4) is 0 Å². The molecule has 2 amide bonds. The Kier molecular flexibility index (Phi) is 8.61. The molecule has 4 rings (SSSR count). The fourth-order valence-corrected chi connectivity index (χ4v) is 4.27. The van der Waals surface area contributed by atoms with E-state index in [-0.39, 0.29) is 31.3 Å². The van der Waals surface area contributed by atoms with Crippen molar-refractivity contribution < 1.29 is 19.5 Å². The van der Waals surface area contributed by atoms with Gasteiger partial charge in [0.25, 0.3) is 11.8 Å². The zero-order chi connectivity index (χ0) is 26.9. The Morgan fingerprint density at radius 3 is 2.18 bits per heavy atom. The highest BCUT2D eigenvalue weighted by atomic mass is 16.4. The fraction of sp³-hybridized carbons (Fsp3) is 0.161. The second-order valence-corrected chi connectivity index (χ2v) is 8.93. The van der Waals surface area contributed by atoms with Crippen molar-refractivity contribution in [3.05, 3.63) is 125 Å². The predicted molar refractivity (Wildman–Crippen MR) is 145 cm³/mol. The molecule has 38 heavy (non-hydrogen) atoms. The number of carbonyl (C=O) groups excluding carboxylic acids is 2. The minimum atomic E-state index is -0.988. The van der Waals surface area contributed by atoms with Crippen LogP contribution in [0.1, 0.15) is 43.8 Å². The third kappa shape index (κ3) is 6.50. The highest BCUT2D eigenvalue weighted by Gasteiger charge is 2.23. The number of nitrogens with one attached hydrogen (secondary N) is 1. The van der Waals surface area contributed by atoms with E-state index in [0.29, 0.717) is 28.8 Å². The quantitative estimate of drug-likeness (QED) is 0.311. The van der Waals surface area contributed by atoms with E-state index in [9.17, 15) is 19.5 Å². The summed E-state index contributed by atoms with van der Waals surface area (Å²) >= 11 is 0. The Morgan fingerprint density at radius 2 is 1.50 bits per heavy atom. The van der Waals surface area contributed by atoms with Gasteiger partial charge >= 0.3 is 5.97 Å². The van der Waals surface area contributed by atoms with Gasteiger partial charge in [0.15, 0.2) is 0 Å². The third-order valence-electron chi connectivity index (χ3n) is 6.30. The summed E-state index contributed by atoms with van der Waals surface area (Å²) in [7, 11) is 0. The standard InChI is InChI=1S/C31H29N3O4/c1-22-9-2-3-11-24(22)20-33-30(37)27-14-6-4-12-25(27)26-13-5-7-15-28(26)31(38)34(18-16-29(35)36)21-23-10-8-17-32-19-23/h2-15,17,19H,16,18,20-21H2,1H3,(H,33,37)(H,35,36). The van der Waals surface area contributed by atoms with E-state index in [1.807, 2.05) is 55.5 Å². The number of benzene rings is 3. The van der Waals surface area contributed by atoms with E-state index in [0.717, 1.165) is 16.7 Å². The van der Waals surface area contributed by atoms with Gasteiger partial charge in [-0.05, 0) is 52.9 Å². The molecule has 0 aliphatic heterocycles. The maximum atomic E-state index is 13.8. The van der Waals surface area contributed by atoms with Gasteiger partial charge in [0.1, 0.15) is 0 Å². The lowest BCUT2D eigenvalue weighted by Crippen LogP contribution is -2.33. The van der Waals surface area contributed by atoms with Crippen molar-refractivity contribution in [2.45, 2.75) is 26.4 Å². The normalized spacial score (nSPS) is 10.6. The van der Waals surface area contributed by atoms with Crippen LogP contribution in [0.4, 0.5) is 0 Å².